The SMILES string of the molecule is Cc1cccc(C)c1OCC(=O)NNC(=O)c1ccc(Cl)cc1Cl. The molecule has 0 aliphatic rings. The van der Waals surface area contributed by atoms with Crippen molar-refractivity contribution in [2.75, 3.05) is 6.61 Å². The number of para-hydroxylation sites is 1. The van der Waals surface area contributed by atoms with Crippen LogP contribution in [-0.2, 0) is 4.79 Å². The van der Waals surface area contributed by atoms with Crippen LogP contribution in [0.15, 0.2) is 36.4 Å². The van der Waals surface area contributed by atoms with Crippen molar-refractivity contribution in [3.63, 3.8) is 0 Å². The first-order valence-corrected chi connectivity index (χ1v) is 7.87. The van der Waals surface area contributed by atoms with Crippen LogP contribution in [-0.4, -0.2) is 18.4 Å². The van der Waals surface area contributed by atoms with Crippen molar-refractivity contribution in [2.24, 2.45) is 0 Å². The first-order chi connectivity index (χ1) is 11.4. The van der Waals surface area contributed by atoms with Gasteiger partial charge in [-0.3, -0.25) is 20.4 Å². The average Bonchev–Trinajstić information content (AvgIpc) is 2.52. The molecule has 5 nitrogen and oxygen atoms in total. The summed E-state index contributed by atoms with van der Waals surface area (Å²) in [6.45, 7) is 3.56. The van der Waals surface area contributed by atoms with Gasteiger partial charge in [-0.2, -0.15) is 0 Å². The van der Waals surface area contributed by atoms with Gasteiger partial charge >= 0.3 is 0 Å². The molecule has 24 heavy (non-hydrogen) atoms. The van der Waals surface area contributed by atoms with Gasteiger partial charge in [0.15, 0.2) is 6.61 Å². The number of hydrazine groups is 1. The summed E-state index contributed by atoms with van der Waals surface area (Å²) in [4.78, 5) is 23.8. The maximum atomic E-state index is 12.0. The first kappa shape index (κ1) is 18.1. The Morgan fingerprint density at radius 3 is 2.33 bits per heavy atom. The Kier molecular flexibility index (Phi) is 6.06. The molecule has 0 bridgehead atoms. The second kappa shape index (κ2) is 8.04. The standard InChI is InChI=1S/C17H16Cl2N2O3/c1-10-4-3-5-11(2)16(10)24-9-15(22)20-21-17(23)13-7-6-12(18)8-14(13)19/h3-8H,9H2,1-2H3,(H,20,22)(H,21,23). The molecule has 0 radical (unpaired) electrons. The monoisotopic (exact) mass is 366 g/mol. The van der Waals surface area contributed by atoms with E-state index in [0.29, 0.717) is 10.8 Å². The first-order valence-electron chi connectivity index (χ1n) is 7.11. The van der Waals surface area contributed by atoms with Gasteiger partial charge in [0.05, 0.1) is 10.6 Å². The maximum absolute atomic E-state index is 12.0. The summed E-state index contributed by atoms with van der Waals surface area (Å²) < 4.78 is 5.50. The van der Waals surface area contributed by atoms with Crippen molar-refractivity contribution in [3.05, 3.63) is 63.1 Å². The molecule has 0 aliphatic heterocycles. The maximum Gasteiger partial charge on any atom is 0.276 e. The molecule has 0 saturated heterocycles. The topological polar surface area (TPSA) is 67.4 Å². The third-order valence-corrected chi connectivity index (χ3v) is 3.80. The van der Waals surface area contributed by atoms with Gasteiger partial charge in [0.1, 0.15) is 5.75 Å². The fourth-order valence-corrected chi connectivity index (χ4v) is 2.56. The highest BCUT2D eigenvalue weighted by Crippen LogP contribution is 2.22. The van der Waals surface area contributed by atoms with Crippen molar-refractivity contribution in [1.82, 2.24) is 10.9 Å². The molecule has 2 rings (SSSR count). The highest BCUT2D eigenvalue weighted by Gasteiger charge is 2.12. The molecule has 0 fully saturated rings. The fourth-order valence-electron chi connectivity index (χ4n) is 2.07. The summed E-state index contributed by atoms with van der Waals surface area (Å²) in [7, 11) is 0. The van der Waals surface area contributed by atoms with E-state index in [-0.39, 0.29) is 17.2 Å². The molecule has 2 aromatic carbocycles. The number of benzene rings is 2. The molecule has 0 unspecified atom stereocenters. The Morgan fingerprint density at radius 2 is 1.71 bits per heavy atom. The summed E-state index contributed by atoms with van der Waals surface area (Å²) in [6.07, 6.45) is 0. The lowest BCUT2D eigenvalue weighted by Gasteiger charge is -2.12. The second-order valence-electron chi connectivity index (χ2n) is 5.14. The molecule has 0 aliphatic carbocycles. The zero-order valence-electron chi connectivity index (χ0n) is 13.2. The van der Waals surface area contributed by atoms with Crippen molar-refractivity contribution < 1.29 is 14.3 Å². The Bertz CT molecular complexity index is 758. The lowest BCUT2D eigenvalue weighted by Crippen LogP contribution is -2.44. The van der Waals surface area contributed by atoms with E-state index >= 15 is 0 Å². The largest absolute Gasteiger partial charge is 0.483 e. The molecule has 0 aromatic heterocycles. The Balaban J connectivity index is 1.88. The zero-order valence-corrected chi connectivity index (χ0v) is 14.7. The van der Waals surface area contributed by atoms with Gasteiger partial charge in [-0.05, 0) is 43.2 Å². The van der Waals surface area contributed by atoms with Gasteiger partial charge in [0, 0.05) is 5.02 Å². The Morgan fingerprint density at radius 1 is 1.04 bits per heavy atom. The quantitative estimate of drug-likeness (QED) is 0.814. The van der Waals surface area contributed by atoms with E-state index in [2.05, 4.69) is 10.9 Å². The summed E-state index contributed by atoms with van der Waals surface area (Å²) in [5.74, 6) is -0.382. The van der Waals surface area contributed by atoms with Crippen molar-refractivity contribution in [3.8, 4) is 5.75 Å². The molecule has 2 amide bonds. The third kappa shape index (κ3) is 4.63. The molecule has 126 valence electrons. The van der Waals surface area contributed by atoms with E-state index in [4.69, 9.17) is 27.9 Å². The van der Waals surface area contributed by atoms with Crippen molar-refractivity contribution in [2.45, 2.75) is 13.8 Å². The van der Waals surface area contributed by atoms with Crippen molar-refractivity contribution >= 4 is 35.0 Å². The van der Waals surface area contributed by atoms with E-state index in [0.717, 1.165) is 11.1 Å². The Hall–Kier alpha value is -2.24. The van der Waals surface area contributed by atoms with Crippen LogP contribution in [0.25, 0.3) is 0 Å². The minimum absolute atomic E-state index is 0.195. The van der Waals surface area contributed by atoms with Crippen LogP contribution in [0.5, 0.6) is 5.75 Å². The number of hydrogen-bond donors (Lipinski definition) is 2. The summed E-state index contributed by atoms with van der Waals surface area (Å²) in [5, 5.41) is 0.614. The summed E-state index contributed by atoms with van der Waals surface area (Å²) in [6, 6.07) is 10.2. The minimum Gasteiger partial charge on any atom is -0.483 e. The van der Waals surface area contributed by atoms with E-state index in [1.807, 2.05) is 32.0 Å². The predicted molar refractivity (Wildman–Crippen MR) is 93.5 cm³/mol. The van der Waals surface area contributed by atoms with Gasteiger partial charge in [-0.15, -0.1) is 0 Å². The lowest BCUT2D eigenvalue weighted by atomic mass is 10.1. The number of nitrogens with one attached hydrogen (secondary N) is 2. The molecule has 0 saturated carbocycles. The van der Waals surface area contributed by atoms with Crippen LogP contribution in [0.2, 0.25) is 10.0 Å². The van der Waals surface area contributed by atoms with Crippen LogP contribution in [0.4, 0.5) is 0 Å². The van der Waals surface area contributed by atoms with Gasteiger partial charge in [0.25, 0.3) is 11.8 Å². The van der Waals surface area contributed by atoms with Gasteiger partial charge in [-0.25, -0.2) is 0 Å². The number of halogens is 2. The van der Waals surface area contributed by atoms with Crippen LogP contribution in [0.3, 0.4) is 0 Å². The van der Waals surface area contributed by atoms with Crippen molar-refractivity contribution in [1.29, 1.82) is 0 Å². The highest BCUT2D eigenvalue weighted by atomic mass is 35.5. The van der Waals surface area contributed by atoms with Gasteiger partial charge in [0.2, 0.25) is 0 Å². The fraction of sp³-hybridized carbons (Fsp3) is 0.176. The molecule has 0 spiro atoms. The molecule has 0 heterocycles. The summed E-state index contributed by atoms with van der Waals surface area (Å²) >= 11 is 11.7. The number of carbonyl (C=O) groups is 2. The average molecular weight is 367 g/mol. The van der Waals surface area contributed by atoms with E-state index in [1.54, 1.807) is 0 Å². The van der Waals surface area contributed by atoms with Crippen LogP contribution >= 0.6 is 23.2 Å². The Labute approximate surface area is 149 Å². The molecule has 2 N–H and O–H groups in total. The lowest BCUT2D eigenvalue weighted by molar-refractivity contribution is -0.123. The highest BCUT2D eigenvalue weighted by molar-refractivity contribution is 6.36. The molecule has 7 heteroatoms. The normalized spacial score (nSPS) is 10.2. The van der Waals surface area contributed by atoms with Crippen LogP contribution in [0, 0.1) is 13.8 Å². The number of carbonyl (C=O) groups excluding carboxylic acids is 2. The molecule has 2 aromatic rings. The van der Waals surface area contributed by atoms with Crippen LogP contribution in [0.1, 0.15) is 21.5 Å². The zero-order chi connectivity index (χ0) is 17.7. The van der Waals surface area contributed by atoms with Crippen LogP contribution < -0.4 is 15.6 Å². The third-order valence-electron chi connectivity index (χ3n) is 3.25. The molecular weight excluding hydrogens is 351 g/mol. The molecular formula is C17H16Cl2N2O3. The molecule has 0 atom stereocenters. The number of amides is 2. The van der Waals surface area contributed by atoms with Gasteiger partial charge < -0.3 is 4.74 Å². The smallest absolute Gasteiger partial charge is 0.276 e. The second-order valence-corrected chi connectivity index (χ2v) is 5.98. The van der Waals surface area contributed by atoms with Gasteiger partial charge in [-0.1, -0.05) is 41.4 Å². The predicted octanol–water partition coefficient (Wildman–Crippen LogP) is 3.45. The van der Waals surface area contributed by atoms with E-state index in [9.17, 15) is 9.59 Å². The van der Waals surface area contributed by atoms with E-state index in [1.165, 1.54) is 18.2 Å². The van der Waals surface area contributed by atoms with E-state index < -0.39 is 11.8 Å². The minimum atomic E-state index is -0.544. The summed E-state index contributed by atoms with van der Waals surface area (Å²) in [5.41, 5.74) is 6.62. The number of rotatable bonds is 4. The number of ether oxygens (including phenoxy) is 1. The number of aryl methyl sites for hydroxylation is 2. The number of hydrogen-bond acceptors (Lipinski definition) is 3.